The molecule has 0 unspecified atom stereocenters. The number of anilines is 1. The average molecular weight is 342 g/mol. The molecule has 23 heavy (non-hydrogen) atoms. The van der Waals surface area contributed by atoms with Gasteiger partial charge in [0.1, 0.15) is 10.6 Å². The van der Waals surface area contributed by atoms with Crippen molar-refractivity contribution in [3.63, 3.8) is 0 Å². The number of benzene rings is 1. The average Bonchev–Trinajstić information content (AvgIpc) is 2.50. The summed E-state index contributed by atoms with van der Waals surface area (Å²) < 4.78 is 32.4. The maximum absolute atomic E-state index is 12.8. The summed E-state index contributed by atoms with van der Waals surface area (Å²) in [6.07, 6.45) is 1.12. The number of sulfonamides is 1. The lowest BCUT2D eigenvalue weighted by atomic mass is 10.2. The van der Waals surface area contributed by atoms with Crippen molar-refractivity contribution in [2.45, 2.75) is 45.4 Å². The van der Waals surface area contributed by atoms with Gasteiger partial charge in [-0.15, -0.1) is 0 Å². The number of nitrogens with zero attached hydrogens (tertiary/aromatic N) is 1. The van der Waals surface area contributed by atoms with Crippen LogP contribution in [-0.4, -0.2) is 38.3 Å². The van der Waals surface area contributed by atoms with Crippen molar-refractivity contribution in [2.75, 3.05) is 25.0 Å². The molecule has 6 nitrogen and oxygen atoms in total. The Bertz CT molecular complexity index is 625. The molecule has 0 heterocycles. The van der Waals surface area contributed by atoms with Crippen molar-refractivity contribution < 1.29 is 17.9 Å². The summed E-state index contributed by atoms with van der Waals surface area (Å²) in [6.45, 7) is 8.39. The zero-order valence-electron chi connectivity index (χ0n) is 14.3. The molecule has 0 fully saturated rings. The van der Waals surface area contributed by atoms with Crippen molar-refractivity contribution >= 4 is 21.6 Å². The van der Waals surface area contributed by atoms with E-state index in [2.05, 4.69) is 5.32 Å². The van der Waals surface area contributed by atoms with E-state index in [1.54, 1.807) is 32.9 Å². The van der Waals surface area contributed by atoms with Crippen molar-refractivity contribution in [3.8, 4) is 5.75 Å². The van der Waals surface area contributed by atoms with Gasteiger partial charge in [0.2, 0.25) is 15.9 Å². The van der Waals surface area contributed by atoms with Gasteiger partial charge in [0, 0.05) is 25.2 Å². The zero-order valence-corrected chi connectivity index (χ0v) is 15.1. The Morgan fingerprint density at radius 3 is 2.35 bits per heavy atom. The van der Waals surface area contributed by atoms with Gasteiger partial charge in [0.15, 0.2) is 0 Å². The monoisotopic (exact) mass is 342 g/mol. The van der Waals surface area contributed by atoms with Crippen molar-refractivity contribution in [3.05, 3.63) is 18.2 Å². The van der Waals surface area contributed by atoms with Gasteiger partial charge < -0.3 is 10.1 Å². The summed E-state index contributed by atoms with van der Waals surface area (Å²) >= 11 is 0. The Balaban J connectivity index is 3.28. The van der Waals surface area contributed by atoms with Crippen molar-refractivity contribution in [1.82, 2.24) is 4.31 Å². The Morgan fingerprint density at radius 1 is 1.17 bits per heavy atom. The molecule has 1 amide bonds. The largest absolute Gasteiger partial charge is 0.492 e. The van der Waals surface area contributed by atoms with Gasteiger partial charge in [0.05, 0.1) is 6.61 Å². The Labute approximate surface area is 138 Å². The molecule has 0 bridgehead atoms. The predicted octanol–water partition coefficient (Wildman–Crippen LogP) is 2.85. The van der Waals surface area contributed by atoms with Crippen LogP contribution in [0.5, 0.6) is 5.75 Å². The maximum atomic E-state index is 12.8. The van der Waals surface area contributed by atoms with E-state index in [0.717, 1.165) is 6.42 Å². The summed E-state index contributed by atoms with van der Waals surface area (Å²) in [6, 6.07) is 4.70. The molecular weight excluding hydrogens is 316 g/mol. The summed E-state index contributed by atoms with van der Waals surface area (Å²) in [5, 5.41) is 2.72. The molecule has 1 aromatic carbocycles. The highest BCUT2D eigenvalue weighted by Gasteiger charge is 2.26. The van der Waals surface area contributed by atoms with Gasteiger partial charge in [-0.05, 0) is 31.5 Å². The van der Waals surface area contributed by atoms with E-state index in [1.807, 2.05) is 6.92 Å². The number of hydrogen-bond acceptors (Lipinski definition) is 4. The molecule has 1 N–H and O–H groups in total. The topological polar surface area (TPSA) is 75.7 Å². The van der Waals surface area contributed by atoms with E-state index < -0.39 is 10.0 Å². The SMILES string of the molecule is CCCC(=O)Nc1ccc(OCC)c(S(=O)(=O)N(CC)CC)c1. The minimum absolute atomic E-state index is 0.0809. The number of hydrogen-bond donors (Lipinski definition) is 1. The van der Waals surface area contributed by atoms with Crippen LogP contribution in [0.25, 0.3) is 0 Å². The third-order valence-electron chi connectivity index (χ3n) is 3.33. The van der Waals surface area contributed by atoms with Crippen LogP contribution in [0.4, 0.5) is 5.69 Å². The molecule has 0 atom stereocenters. The lowest BCUT2D eigenvalue weighted by Crippen LogP contribution is -2.31. The maximum Gasteiger partial charge on any atom is 0.246 e. The van der Waals surface area contributed by atoms with Crippen LogP contribution in [0, 0.1) is 0 Å². The fourth-order valence-corrected chi connectivity index (χ4v) is 3.83. The van der Waals surface area contributed by atoms with Crippen LogP contribution in [0.1, 0.15) is 40.5 Å². The van der Waals surface area contributed by atoms with Gasteiger partial charge in [-0.2, -0.15) is 4.31 Å². The third kappa shape index (κ3) is 4.94. The summed E-state index contributed by atoms with van der Waals surface area (Å²) in [5.74, 6) is 0.163. The first-order chi connectivity index (χ1) is 10.9. The predicted molar refractivity (Wildman–Crippen MR) is 91.3 cm³/mol. The van der Waals surface area contributed by atoms with Gasteiger partial charge in [-0.25, -0.2) is 8.42 Å². The second-order valence-electron chi connectivity index (χ2n) is 4.98. The molecule has 0 aliphatic heterocycles. The minimum Gasteiger partial charge on any atom is -0.492 e. The zero-order chi connectivity index (χ0) is 17.5. The van der Waals surface area contributed by atoms with Gasteiger partial charge in [0.25, 0.3) is 0 Å². The van der Waals surface area contributed by atoms with Gasteiger partial charge >= 0.3 is 0 Å². The fraction of sp³-hybridized carbons (Fsp3) is 0.562. The minimum atomic E-state index is -3.67. The molecule has 1 rings (SSSR count). The van der Waals surface area contributed by atoms with E-state index >= 15 is 0 Å². The summed E-state index contributed by atoms with van der Waals surface area (Å²) in [7, 11) is -3.67. The third-order valence-corrected chi connectivity index (χ3v) is 5.40. The summed E-state index contributed by atoms with van der Waals surface area (Å²) in [4.78, 5) is 11.8. The Morgan fingerprint density at radius 2 is 1.83 bits per heavy atom. The van der Waals surface area contributed by atoms with Crippen LogP contribution in [0.3, 0.4) is 0 Å². The lowest BCUT2D eigenvalue weighted by Gasteiger charge is -2.21. The van der Waals surface area contributed by atoms with Crippen molar-refractivity contribution in [2.24, 2.45) is 0 Å². The Kier molecular flexibility index (Phi) is 7.51. The molecule has 130 valence electrons. The van der Waals surface area contributed by atoms with Gasteiger partial charge in [-0.1, -0.05) is 20.8 Å². The molecule has 0 spiro atoms. The second kappa shape index (κ2) is 8.88. The quantitative estimate of drug-likeness (QED) is 0.749. The van der Waals surface area contributed by atoms with E-state index in [0.29, 0.717) is 37.6 Å². The molecule has 0 saturated carbocycles. The lowest BCUT2D eigenvalue weighted by molar-refractivity contribution is -0.116. The van der Waals surface area contributed by atoms with Gasteiger partial charge in [-0.3, -0.25) is 4.79 Å². The number of nitrogens with one attached hydrogen (secondary N) is 1. The molecule has 1 aromatic rings. The molecule has 0 radical (unpaired) electrons. The molecule has 0 aliphatic carbocycles. The first-order valence-electron chi connectivity index (χ1n) is 7.97. The standard InChI is InChI=1S/C16H26N2O4S/c1-5-9-16(19)17-13-10-11-14(22-8-4)15(12-13)23(20,21)18(6-2)7-3/h10-12H,5-9H2,1-4H3,(H,17,19). The van der Waals surface area contributed by atoms with Crippen LogP contribution in [0.15, 0.2) is 23.1 Å². The number of rotatable bonds is 9. The van der Waals surface area contributed by atoms with E-state index in [4.69, 9.17) is 4.74 Å². The molecule has 7 heteroatoms. The van der Waals surface area contributed by atoms with Crippen molar-refractivity contribution in [1.29, 1.82) is 0 Å². The second-order valence-corrected chi connectivity index (χ2v) is 6.89. The van der Waals surface area contributed by atoms with E-state index in [9.17, 15) is 13.2 Å². The number of ether oxygens (including phenoxy) is 1. The summed E-state index contributed by atoms with van der Waals surface area (Å²) in [5.41, 5.74) is 0.456. The highest BCUT2D eigenvalue weighted by Crippen LogP contribution is 2.30. The number of carbonyl (C=O) groups excluding carboxylic acids is 1. The Hall–Kier alpha value is -1.60. The fourth-order valence-electron chi connectivity index (χ4n) is 2.22. The first-order valence-corrected chi connectivity index (χ1v) is 9.41. The molecule has 0 aromatic heterocycles. The molecule has 0 aliphatic rings. The first kappa shape index (κ1) is 19.4. The van der Waals surface area contributed by atoms with Crippen LogP contribution in [0.2, 0.25) is 0 Å². The van der Waals surface area contributed by atoms with Crippen LogP contribution in [-0.2, 0) is 14.8 Å². The van der Waals surface area contributed by atoms with E-state index in [-0.39, 0.29) is 10.8 Å². The number of amides is 1. The smallest absolute Gasteiger partial charge is 0.246 e. The van der Waals surface area contributed by atoms with Crippen LogP contribution >= 0.6 is 0 Å². The molecule has 0 saturated heterocycles. The number of carbonyl (C=O) groups is 1. The molecular formula is C16H26N2O4S. The highest BCUT2D eigenvalue weighted by atomic mass is 32.2. The normalized spacial score (nSPS) is 11.5. The van der Waals surface area contributed by atoms with Crippen LogP contribution < -0.4 is 10.1 Å². The highest BCUT2D eigenvalue weighted by molar-refractivity contribution is 7.89. The van der Waals surface area contributed by atoms with E-state index in [1.165, 1.54) is 10.4 Å².